The predicted octanol–water partition coefficient (Wildman–Crippen LogP) is 2.89. The van der Waals surface area contributed by atoms with E-state index in [2.05, 4.69) is 35.6 Å². The summed E-state index contributed by atoms with van der Waals surface area (Å²) in [6.07, 6.45) is 5.24. The molecule has 2 rings (SSSR count). The molecule has 0 amide bonds. The Bertz CT molecular complexity index is 484. The van der Waals surface area contributed by atoms with Crippen LogP contribution >= 0.6 is 11.8 Å². The van der Waals surface area contributed by atoms with E-state index in [1.165, 1.54) is 5.56 Å². The first-order valence-electron chi connectivity index (χ1n) is 7.46. The molecule has 1 saturated heterocycles. The Balaban J connectivity index is 1.96. The molecule has 0 bridgehead atoms. The fourth-order valence-electron chi connectivity index (χ4n) is 2.46. The smallest absolute Gasteiger partial charge is 0.193 e. The maximum Gasteiger partial charge on any atom is 0.193 e. The normalized spacial score (nSPS) is 18.5. The van der Waals surface area contributed by atoms with E-state index in [-0.39, 0.29) is 4.75 Å². The molecule has 1 heterocycles. The molecule has 116 valence electrons. The van der Waals surface area contributed by atoms with Crippen molar-refractivity contribution >= 4 is 23.4 Å². The van der Waals surface area contributed by atoms with Crippen LogP contribution in [0.4, 0.5) is 5.69 Å². The van der Waals surface area contributed by atoms with Crippen molar-refractivity contribution in [1.29, 1.82) is 0 Å². The molecule has 5 heteroatoms. The summed E-state index contributed by atoms with van der Waals surface area (Å²) in [5.41, 5.74) is 8.32. The van der Waals surface area contributed by atoms with Crippen LogP contribution in [0.5, 0.6) is 0 Å². The summed E-state index contributed by atoms with van der Waals surface area (Å²) in [6.45, 7) is 4.53. The fraction of sp³-hybridized carbons (Fsp3) is 0.562. The zero-order valence-electron chi connectivity index (χ0n) is 12.9. The SMILES string of the molecule is CCc1cccc(NC(N)=NCC2(SC)CCOCC2)c1. The van der Waals surface area contributed by atoms with Crippen molar-refractivity contribution < 1.29 is 4.74 Å². The Kier molecular flexibility index (Phi) is 5.94. The van der Waals surface area contributed by atoms with Gasteiger partial charge in [0.2, 0.25) is 0 Å². The molecular formula is C16H25N3OS. The Morgan fingerprint density at radius 2 is 2.19 bits per heavy atom. The molecule has 0 unspecified atom stereocenters. The van der Waals surface area contributed by atoms with E-state index in [1.54, 1.807) is 0 Å². The molecule has 3 N–H and O–H groups in total. The number of hydrogen-bond acceptors (Lipinski definition) is 3. The zero-order chi connectivity index (χ0) is 15.1. The molecule has 4 nitrogen and oxygen atoms in total. The van der Waals surface area contributed by atoms with Gasteiger partial charge in [0.15, 0.2) is 5.96 Å². The van der Waals surface area contributed by atoms with Gasteiger partial charge < -0.3 is 15.8 Å². The molecule has 0 aromatic heterocycles. The van der Waals surface area contributed by atoms with Gasteiger partial charge in [-0.2, -0.15) is 11.8 Å². The van der Waals surface area contributed by atoms with Crippen molar-refractivity contribution in [3.63, 3.8) is 0 Å². The van der Waals surface area contributed by atoms with Gasteiger partial charge in [-0.05, 0) is 43.2 Å². The molecule has 0 aliphatic carbocycles. The number of guanidine groups is 1. The maximum absolute atomic E-state index is 6.03. The van der Waals surface area contributed by atoms with Crippen LogP contribution in [-0.4, -0.2) is 36.7 Å². The molecule has 1 aliphatic heterocycles. The number of nitrogens with zero attached hydrogens (tertiary/aromatic N) is 1. The van der Waals surface area contributed by atoms with Gasteiger partial charge in [-0.25, -0.2) is 0 Å². The molecule has 1 aliphatic rings. The predicted molar refractivity (Wildman–Crippen MR) is 92.2 cm³/mol. The number of hydrogen-bond donors (Lipinski definition) is 2. The van der Waals surface area contributed by atoms with E-state index in [0.717, 1.165) is 44.7 Å². The maximum atomic E-state index is 6.03. The average molecular weight is 307 g/mol. The first-order valence-corrected chi connectivity index (χ1v) is 8.69. The zero-order valence-corrected chi connectivity index (χ0v) is 13.7. The van der Waals surface area contributed by atoms with Crippen LogP contribution in [-0.2, 0) is 11.2 Å². The minimum absolute atomic E-state index is 0.176. The summed E-state index contributed by atoms with van der Waals surface area (Å²) in [4.78, 5) is 4.55. The van der Waals surface area contributed by atoms with E-state index in [9.17, 15) is 0 Å². The number of anilines is 1. The van der Waals surface area contributed by atoms with Gasteiger partial charge in [-0.1, -0.05) is 19.1 Å². The van der Waals surface area contributed by atoms with Crippen molar-refractivity contribution in [3.8, 4) is 0 Å². The lowest BCUT2D eigenvalue weighted by Crippen LogP contribution is -2.37. The van der Waals surface area contributed by atoms with Crippen LogP contribution in [0.15, 0.2) is 29.3 Å². The summed E-state index contributed by atoms with van der Waals surface area (Å²) >= 11 is 1.88. The third-order valence-electron chi connectivity index (χ3n) is 3.98. The van der Waals surface area contributed by atoms with Gasteiger partial charge >= 0.3 is 0 Å². The van der Waals surface area contributed by atoms with Crippen molar-refractivity contribution in [2.75, 3.05) is 31.3 Å². The third kappa shape index (κ3) is 4.64. The highest BCUT2D eigenvalue weighted by atomic mass is 32.2. The Morgan fingerprint density at radius 1 is 1.43 bits per heavy atom. The van der Waals surface area contributed by atoms with E-state index in [0.29, 0.717) is 5.96 Å². The summed E-state index contributed by atoms with van der Waals surface area (Å²) in [5, 5.41) is 3.18. The Labute approximate surface area is 131 Å². The van der Waals surface area contributed by atoms with Crippen molar-refractivity contribution in [3.05, 3.63) is 29.8 Å². The van der Waals surface area contributed by atoms with Gasteiger partial charge in [0.1, 0.15) is 0 Å². The van der Waals surface area contributed by atoms with Crippen LogP contribution in [0.2, 0.25) is 0 Å². The monoisotopic (exact) mass is 307 g/mol. The van der Waals surface area contributed by atoms with Crippen molar-refractivity contribution in [2.45, 2.75) is 30.9 Å². The van der Waals surface area contributed by atoms with Crippen LogP contribution in [0.3, 0.4) is 0 Å². The number of nitrogens with two attached hydrogens (primary N) is 1. The fourth-order valence-corrected chi connectivity index (χ4v) is 3.22. The second kappa shape index (κ2) is 7.71. The first-order chi connectivity index (χ1) is 10.2. The van der Waals surface area contributed by atoms with Crippen LogP contribution in [0.1, 0.15) is 25.3 Å². The van der Waals surface area contributed by atoms with Gasteiger partial charge in [0.25, 0.3) is 0 Å². The minimum atomic E-state index is 0.176. The number of aliphatic imine (C=N–C) groups is 1. The quantitative estimate of drug-likeness (QED) is 0.649. The van der Waals surface area contributed by atoms with Gasteiger partial charge in [0, 0.05) is 23.6 Å². The van der Waals surface area contributed by atoms with Gasteiger partial charge in [-0.15, -0.1) is 0 Å². The van der Waals surface area contributed by atoms with E-state index in [1.807, 2.05) is 23.9 Å². The summed E-state index contributed by atoms with van der Waals surface area (Å²) in [6, 6.07) is 8.28. The Morgan fingerprint density at radius 3 is 2.86 bits per heavy atom. The second-order valence-corrected chi connectivity index (χ2v) is 6.65. The largest absolute Gasteiger partial charge is 0.381 e. The number of thioether (sulfide) groups is 1. The van der Waals surface area contributed by atoms with E-state index >= 15 is 0 Å². The van der Waals surface area contributed by atoms with E-state index < -0.39 is 0 Å². The molecule has 1 aromatic rings. The molecule has 0 saturated carbocycles. The third-order valence-corrected chi connectivity index (χ3v) is 5.39. The summed E-state index contributed by atoms with van der Waals surface area (Å²) in [5.74, 6) is 0.489. The molecular weight excluding hydrogens is 282 g/mol. The number of ether oxygens (including phenoxy) is 1. The van der Waals surface area contributed by atoms with E-state index in [4.69, 9.17) is 10.5 Å². The lowest BCUT2D eigenvalue weighted by molar-refractivity contribution is 0.0794. The van der Waals surface area contributed by atoms with Crippen LogP contribution in [0.25, 0.3) is 0 Å². The van der Waals surface area contributed by atoms with Gasteiger partial charge in [-0.3, -0.25) is 4.99 Å². The lowest BCUT2D eigenvalue weighted by Gasteiger charge is -2.34. The highest BCUT2D eigenvalue weighted by molar-refractivity contribution is 8.00. The summed E-state index contributed by atoms with van der Waals surface area (Å²) < 4.78 is 5.62. The van der Waals surface area contributed by atoms with Crippen molar-refractivity contribution in [2.24, 2.45) is 10.7 Å². The topological polar surface area (TPSA) is 59.6 Å². The number of rotatable bonds is 5. The molecule has 1 fully saturated rings. The molecule has 0 atom stereocenters. The average Bonchev–Trinajstić information content (AvgIpc) is 2.54. The lowest BCUT2D eigenvalue weighted by atomic mass is 9.99. The number of nitrogens with one attached hydrogen (secondary N) is 1. The van der Waals surface area contributed by atoms with Gasteiger partial charge in [0.05, 0.1) is 6.54 Å². The van der Waals surface area contributed by atoms with Crippen LogP contribution < -0.4 is 11.1 Å². The number of benzene rings is 1. The highest BCUT2D eigenvalue weighted by Gasteiger charge is 2.31. The highest BCUT2D eigenvalue weighted by Crippen LogP contribution is 2.33. The minimum Gasteiger partial charge on any atom is -0.381 e. The molecule has 0 radical (unpaired) electrons. The van der Waals surface area contributed by atoms with Crippen molar-refractivity contribution in [1.82, 2.24) is 0 Å². The second-order valence-electron chi connectivity index (χ2n) is 5.38. The Hall–Kier alpha value is -1.20. The molecule has 0 spiro atoms. The van der Waals surface area contributed by atoms with Crippen LogP contribution in [0, 0.1) is 0 Å². The molecule has 1 aromatic carbocycles. The molecule has 21 heavy (non-hydrogen) atoms. The summed E-state index contributed by atoms with van der Waals surface area (Å²) in [7, 11) is 0. The number of aryl methyl sites for hydroxylation is 1. The first kappa shape index (κ1) is 16.2. The standard InChI is InChI=1S/C16H25N3OS/c1-3-13-5-4-6-14(11-13)19-15(17)18-12-16(21-2)7-9-20-10-8-16/h4-6,11H,3,7-10,12H2,1-2H3,(H3,17,18,19).